The molecule has 0 saturated carbocycles. The third-order valence-electron chi connectivity index (χ3n) is 2.75. The standard InChI is InChI=1S/C16H12N2.Pt/c1-2-7-13(8-3-1)14-10-6-11-16(18-14)15-9-4-5-12-17-15;/h1-12H;. The topological polar surface area (TPSA) is 25.8 Å². The van der Waals surface area contributed by atoms with Gasteiger partial charge in [0.2, 0.25) is 0 Å². The van der Waals surface area contributed by atoms with Gasteiger partial charge in [-0.05, 0) is 24.3 Å². The molecule has 0 atom stereocenters. The van der Waals surface area contributed by atoms with Crippen LogP contribution in [0.15, 0.2) is 72.9 Å². The Morgan fingerprint density at radius 2 is 1.26 bits per heavy atom. The van der Waals surface area contributed by atoms with Gasteiger partial charge < -0.3 is 0 Å². The molecule has 0 spiro atoms. The number of hydrogen-bond acceptors (Lipinski definition) is 2. The van der Waals surface area contributed by atoms with Crippen LogP contribution in [0.25, 0.3) is 22.6 Å². The van der Waals surface area contributed by atoms with E-state index in [0.717, 1.165) is 22.6 Å². The van der Waals surface area contributed by atoms with Crippen LogP contribution in [0.2, 0.25) is 0 Å². The Balaban J connectivity index is 0.00000133. The van der Waals surface area contributed by atoms with E-state index in [1.807, 2.05) is 54.6 Å². The molecule has 0 saturated heterocycles. The van der Waals surface area contributed by atoms with Crippen molar-refractivity contribution in [1.82, 2.24) is 9.97 Å². The van der Waals surface area contributed by atoms with E-state index in [4.69, 9.17) is 0 Å². The van der Waals surface area contributed by atoms with Crippen LogP contribution in [-0.2, 0) is 21.1 Å². The molecular formula is C16H12N2Pt. The maximum atomic E-state index is 4.65. The van der Waals surface area contributed by atoms with Crippen LogP contribution >= 0.6 is 0 Å². The van der Waals surface area contributed by atoms with Gasteiger partial charge in [-0.25, -0.2) is 4.98 Å². The van der Waals surface area contributed by atoms with Gasteiger partial charge in [-0.2, -0.15) is 0 Å². The summed E-state index contributed by atoms with van der Waals surface area (Å²) >= 11 is 0. The fourth-order valence-electron chi connectivity index (χ4n) is 1.86. The molecule has 2 aromatic heterocycles. The monoisotopic (exact) mass is 427 g/mol. The number of rotatable bonds is 2. The average molecular weight is 427 g/mol. The molecule has 3 rings (SSSR count). The Bertz CT molecular complexity index is 584. The smallest absolute Gasteiger partial charge is 0.0893 e. The second kappa shape index (κ2) is 6.40. The molecule has 0 bridgehead atoms. The first-order valence-corrected chi connectivity index (χ1v) is 5.87. The van der Waals surface area contributed by atoms with Gasteiger partial charge in [0.05, 0.1) is 17.1 Å². The third-order valence-corrected chi connectivity index (χ3v) is 2.75. The van der Waals surface area contributed by atoms with Crippen molar-refractivity contribution < 1.29 is 21.1 Å². The third kappa shape index (κ3) is 3.15. The molecular weight excluding hydrogens is 415 g/mol. The Morgan fingerprint density at radius 1 is 0.579 bits per heavy atom. The van der Waals surface area contributed by atoms with E-state index in [1.165, 1.54) is 0 Å². The summed E-state index contributed by atoms with van der Waals surface area (Å²) in [7, 11) is 0. The van der Waals surface area contributed by atoms with Gasteiger partial charge >= 0.3 is 0 Å². The van der Waals surface area contributed by atoms with Crippen molar-refractivity contribution in [3.05, 3.63) is 72.9 Å². The quantitative estimate of drug-likeness (QED) is 0.622. The molecule has 1 aromatic carbocycles. The number of benzene rings is 1. The average Bonchev–Trinajstić information content (AvgIpc) is 2.49. The van der Waals surface area contributed by atoms with Crippen molar-refractivity contribution in [1.29, 1.82) is 0 Å². The molecule has 0 aliphatic rings. The zero-order valence-corrected chi connectivity index (χ0v) is 12.4. The van der Waals surface area contributed by atoms with Gasteiger partial charge in [-0.15, -0.1) is 0 Å². The number of hydrogen-bond donors (Lipinski definition) is 0. The van der Waals surface area contributed by atoms with Gasteiger partial charge in [0, 0.05) is 32.8 Å². The first kappa shape index (κ1) is 13.6. The van der Waals surface area contributed by atoms with Gasteiger partial charge in [0.25, 0.3) is 0 Å². The molecule has 0 N–H and O–H groups in total. The van der Waals surface area contributed by atoms with Gasteiger partial charge in [0.1, 0.15) is 0 Å². The normalized spacial score (nSPS) is 9.68. The zero-order chi connectivity index (χ0) is 12.2. The van der Waals surface area contributed by atoms with E-state index < -0.39 is 0 Å². The van der Waals surface area contributed by atoms with Crippen LogP contribution in [0.4, 0.5) is 0 Å². The molecule has 3 heteroatoms. The van der Waals surface area contributed by atoms with Crippen molar-refractivity contribution in [2.75, 3.05) is 0 Å². The second-order valence-corrected chi connectivity index (χ2v) is 3.99. The summed E-state index contributed by atoms with van der Waals surface area (Å²) in [4.78, 5) is 8.97. The summed E-state index contributed by atoms with van der Waals surface area (Å²) < 4.78 is 0. The predicted molar refractivity (Wildman–Crippen MR) is 72.9 cm³/mol. The van der Waals surface area contributed by atoms with E-state index in [9.17, 15) is 0 Å². The van der Waals surface area contributed by atoms with E-state index in [1.54, 1.807) is 6.20 Å². The van der Waals surface area contributed by atoms with Crippen LogP contribution in [0, 0.1) is 0 Å². The van der Waals surface area contributed by atoms with Gasteiger partial charge in [0.15, 0.2) is 0 Å². The summed E-state index contributed by atoms with van der Waals surface area (Å²) in [5.74, 6) is 0. The summed E-state index contributed by atoms with van der Waals surface area (Å²) in [5, 5.41) is 0. The van der Waals surface area contributed by atoms with Crippen LogP contribution < -0.4 is 0 Å². The van der Waals surface area contributed by atoms with Gasteiger partial charge in [-0.1, -0.05) is 42.5 Å². The molecule has 0 amide bonds. The molecule has 0 unspecified atom stereocenters. The number of nitrogens with zero attached hydrogens (tertiary/aromatic N) is 2. The fraction of sp³-hybridized carbons (Fsp3) is 0. The van der Waals surface area contributed by atoms with Crippen molar-refractivity contribution >= 4 is 0 Å². The number of pyridine rings is 2. The molecule has 0 aliphatic heterocycles. The SMILES string of the molecule is [Pt].c1ccc(-c2cccc(-c3ccccn3)n2)cc1. The van der Waals surface area contributed by atoms with E-state index in [0.29, 0.717) is 0 Å². The zero-order valence-electron chi connectivity index (χ0n) is 10.1. The predicted octanol–water partition coefficient (Wildman–Crippen LogP) is 3.81. The molecule has 2 heterocycles. The minimum Gasteiger partial charge on any atom is -0.255 e. The van der Waals surface area contributed by atoms with Crippen molar-refractivity contribution in [3.63, 3.8) is 0 Å². The summed E-state index contributed by atoms with van der Waals surface area (Å²) in [6.07, 6.45) is 1.78. The van der Waals surface area contributed by atoms with E-state index >= 15 is 0 Å². The molecule has 0 aliphatic carbocycles. The maximum Gasteiger partial charge on any atom is 0.0893 e. The molecule has 2 nitrogen and oxygen atoms in total. The van der Waals surface area contributed by atoms with Crippen molar-refractivity contribution in [3.8, 4) is 22.6 Å². The maximum absolute atomic E-state index is 4.65. The van der Waals surface area contributed by atoms with E-state index in [-0.39, 0.29) is 21.1 Å². The second-order valence-electron chi connectivity index (χ2n) is 3.99. The Hall–Kier alpha value is -1.79. The largest absolute Gasteiger partial charge is 0.255 e. The van der Waals surface area contributed by atoms with Crippen LogP contribution in [-0.4, -0.2) is 9.97 Å². The molecule has 3 aromatic rings. The molecule has 0 radical (unpaired) electrons. The first-order valence-electron chi connectivity index (χ1n) is 5.87. The minimum atomic E-state index is 0. The van der Waals surface area contributed by atoms with E-state index in [2.05, 4.69) is 22.1 Å². The minimum absolute atomic E-state index is 0. The van der Waals surface area contributed by atoms with Crippen molar-refractivity contribution in [2.24, 2.45) is 0 Å². The Labute approximate surface area is 126 Å². The summed E-state index contributed by atoms with van der Waals surface area (Å²) in [6.45, 7) is 0. The molecule has 19 heavy (non-hydrogen) atoms. The van der Waals surface area contributed by atoms with Crippen molar-refractivity contribution in [2.45, 2.75) is 0 Å². The Kier molecular flexibility index (Phi) is 4.59. The summed E-state index contributed by atoms with van der Waals surface area (Å²) in [6, 6.07) is 22.0. The first-order chi connectivity index (χ1) is 8.93. The summed E-state index contributed by atoms with van der Waals surface area (Å²) in [5.41, 5.74) is 3.89. The number of aromatic nitrogens is 2. The van der Waals surface area contributed by atoms with Crippen LogP contribution in [0.3, 0.4) is 0 Å². The molecule has 96 valence electrons. The Morgan fingerprint density at radius 3 is 2.00 bits per heavy atom. The fourth-order valence-corrected chi connectivity index (χ4v) is 1.86. The van der Waals surface area contributed by atoms with Gasteiger partial charge in [-0.3, -0.25) is 4.98 Å². The van der Waals surface area contributed by atoms with Crippen LogP contribution in [0.1, 0.15) is 0 Å². The molecule has 0 fully saturated rings. The van der Waals surface area contributed by atoms with Crippen LogP contribution in [0.5, 0.6) is 0 Å².